The predicted molar refractivity (Wildman–Crippen MR) is 84.3 cm³/mol. The summed E-state index contributed by atoms with van der Waals surface area (Å²) in [6, 6.07) is 9.34. The summed E-state index contributed by atoms with van der Waals surface area (Å²) in [5.74, 6) is 0. The van der Waals surface area contributed by atoms with Crippen LogP contribution in [0.5, 0.6) is 0 Å². The minimum Gasteiger partial charge on any atom is -0.313 e. The fourth-order valence-electron chi connectivity index (χ4n) is 2.15. The van der Waals surface area contributed by atoms with Crippen LogP contribution in [0.25, 0.3) is 0 Å². The second-order valence-corrected chi connectivity index (χ2v) is 5.84. The standard InChI is InChI=1S/C15H24IN/c1-3-4-5-6-7-11-15(17-2)13-9-8-10-14(16)12-13/h8-10,12,15,17H,3-7,11H2,1-2H3. The van der Waals surface area contributed by atoms with Gasteiger partial charge in [-0.25, -0.2) is 0 Å². The number of benzene rings is 1. The van der Waals surface area contributed by atoms with Crippen molar-refractivity contribution in [1.29, 1.82) is 0 Å². The lowest BCUT2D eigenvalue weighted by atomic mass is 10.00. The van der Waals surface area contributed by atoms with Crippen LogP contribution in [0.3, 0.4) is 0 Å². The average Bonchev–Trinajstić information content (AvgIpc) is 2.34. The van der Waals surface area contributed by atoms with E-state index < -0.39 is 0 Å². The smallest absolute Gasteiger partial charge is 0.0317 e. The highest BCUT2D eigenvalue weighted by Gasteiger charge is 2.08. The topological polar surface area (TPSA) is 12.0 Å². The van der Waals surface area contributed by atoms with Crippen molar-refractivity contribution in [3.63, 3.8) is 0 Å². The first-order valence-corrected chi connectivity index (χ1v) is 7.78. The SMILES string of the molecule is CCCCCCCC(NC)c1cccc(I)c1. The number of rotatable bonds is 8. The first kappa shape index (κ1) is 15.0. The molecule has 0 aliphatic carbocycles. The second-order valence-electron chi connectivity index (χ2n) is 4.60. The Labute approximate surface area is 120 Å². The quantitative estimate of drug-likeness (QED) is 0.521. The number of nitrogens with one attached hydrogen (secondary N) is 1. The summed E-state index contributed by atoms with van der Waals surface area (Å²) in [7, 11) is 2.07. The van der Waals surface area contributed by atoms with Gasteiger partial charge in [-0.3, -0.25) is 0 Å². The van der Waals surface area contributed by atoms with E-state index >= 15 is 0 Å². The van der Waals surface area contributed by atoms with E-state index in [4.69, 9.17) is 0 Å². The van der Waals surface area contributed by atoms with E-state index in [0.717, 1.165) is 0 Å². The zero-order chi connectivity index (χ0) is 12.5. The van der Waals surface area contributed by atoms with Gasteiger partial charge in [0.25, 0.3) is 0 Å². The number of halogens is 1. The zero-order valence-electron chi connectivity index (χ0n) is 11.0. The van der Waals surface area contributed by atoms with Crippen LogP contribution >= 0.6 is 22.6 Å². The summed E-state index contributed by atoms with van der Waals surface area (Å²) in [4.78, 5) is 0. The molecule has 0 saturated carbocycles. The van der Waals surface area contributed by atoms with Crippen molar-refractivity contribution >= 4 is 22.6 Å². The zero-order valence-corrected chi connectivity index (χ0v) is 13.2. The van der Waals surface area contributed by atoms with Crippen molar-refractivity contribution in [3.8, 4) is 0 Å². The van der Waals surface area contributed by atoms with Gasteiger partial charge >= 0.3 is 0 Å². The van der Waals surface area contributed by atoms with Gasteiger partial charge in [0.05, 0.1) is 0 Å². The van der Waals surface area contributed by atoms with E-state index in [1.807, 2.05) is 0 Å². The third-order valence-corrected chi connectivity index (χ3v) is 3.87. The van der Waals surface area contributed by atoms with E-state index in [1.165, 1.54) is 47.7 Å². The summed E-state index contributed by atoms with van der Waals surface area (Å²) in [6.45, 7) is 2.27. The molecule has 1 rings (SSSR count). The Morgan fingerprint density at radius 1 is 1.18 bits per heavy atom. The maximum atomic E-state index is 3.43. The maximum Gasteiger partial charge on any atom is 0.0317 e. The molecule has 96 valence electrons. The van der Waals surface area contributed by atoms with Crippen molar-refractivity contribution < 1.29 is 0 Å². The maximum absolute atomic E-state index is 3.43. The summed E-state index contributed by atoms with van der Waals surface area (Å²) >= 11 is 2.38. The molecule has 0 heterocycles. The van der Waals surface area contributed by atoms with E-state index in [9.17, 15) is 0 Å². The van der Waals surface area contributed by atoms with Gasteiger partial charge in [0.1, 0.15) is 0 Å². The lowest BCUT2D eigenvalue weighted by molar-refractivity contribution is 0.500. The van der Waals surface area contributed by atoms with E-state index in [-0.39, 0.29) is 0 Å². The molecule has 0 aliphatic heterocycles. The van der Waals surface area contributed by atoms with E-state index in [0.29, 0.717) is 6.04 Å². The Morgan fingerprint density at radius 3 is 2.59 bits per heavy atom. The number of unbranched alkanes of at least 4 members (excludes halogenated alkanes) is 4. The molecule has 0 amide bonds. The Balaban J connectivity index is 2.38. The van der Waals surface area contributed by atoms with E-state index in [2.05, 4.69) is 66.1 Å². The molecule has 0 aliphatic rings. The summed E-state index contributed by atoms with van der Waals surface area (Å²) in [5, 5.41) is 3.43. The van der Waals surface area contributed by atoms with Crippen LogP contribution in [0, 0.1) is 3.57 Å². The molecule has 17 heavy (non-hydrogen) atoms. The Hall–Kier alpha value is -0.0900. The molecule has 0 bridgehead atoms. The highest BCUT2D eigenvalue weighted by molar-refractivity contribution is 14.1. The molecule has 1 aromatic rings. The molecular formula is C15H24IN. The number of hydrogen-bond acceptors (Lipinski definition) is 1. The molecule has 2 heteroatoms. The van der Waals surface area contributed by atoms with Crippen LogP contribution in [0.1, 0.15) is 57.1 Å². The lowest BCUT2D eigenvalue weighted by Crippen LogP contribution is -2.16. The molecule has 1 aromatic carbocycles. The minimum atomic E-state index is 0.520. The van der Waals surface area contributed by atoms with Gasteiger partial charge in [-0.05, 0) is 53.8 Å². The monoisotopic (exact) mass is 345 g/mol. The first-order chi connectivity index (χ1) is 8.27. The molecule has 0 fully saturated rings. The highest BCUT2D eigenvalue weighted by Crippen LogP contribution is 2.21. The van der Waals surface area contributed by atoms with Crippen LogP contribution in [0.4, 0.5) is 0 Å². The fourth-order valence-corrected chi connectivity index (χ4v) is 2.72. The lowest BCUT2D eigenvalue weighted by Gasteiger charge is -2.16. The normalized spacial score (nSPS) is 12.6. The Bertz CT molecular complexity index is 312. The summed E-state index contributed by atoms with van der Waals surface area (Å²) in [5.41, 5.74) is 1.43. The predicted octanol–water partition coefficient (Wildman–Crippen LogP) is 4.91. The molecule has 0 saturated heterocycles. The molecule has 1 unspecified atom stereocenters. The first-order valence-electron chi connectivity index (χ1n) is 6.70. The Morgan fingerprint density at radius 2 is 1.94 bits per heavy atom. The van der Waals surface area contributed by atoms with Crippen LogP contribution in [0.2, 0.25) is 0 Å². The van der Waals surface area contributed by atoms with Crippen LogP contribution in [0.15, 0.2) is 24.3 Å². The third-order valence-electron chi connectivity index (χ3n) is 3.20. The van der Waals surface area contributed by atoms with Gasteiger partial charge in [0, 0.05) is 9.61 Å². The molecule has 0 aromatic heterocycles. The van der Waals surface area contributed by atoms with Crippen molar-refractivity contribution in [2.75, 3.05) is 7.05 Å². The number of hydrogen-bond donors (Lipinski definition) is 1. The fraction of sp³-hybridized carbons (Fsp3) is 0.600. The largest absolute Gasteiger partial charge is 0.313 e. The molecule has 1 nitrogen and oxygen atoms in total. The van der Waals surface area contributed by atoms with Crippen LogP contribution < -0.4 is 5.32 Å². The van der Waals surface area contributed by atoms with Crippen LogP contribution in [-0.4, -0.2) is 7.05 Å². The van der Waals surface area contributed by atoms with E-state index in [1.54, 1.807) is 0 Å². The van der Waals surface area contributed by atoms with Crippen molar-refractivity contribution in [2.24, 2.45) is 0 Å². The van der Waals surface area contributed by atoms with Crippen molar-refractivity contribution in [1.82, 2.24) is 5.32 Å². The van der Waals surface area contributed by atoms with Gasteiger partial charge in [-0.2, -0.15) is 0 Å². The van der Waals surface area contributed by atoms with Crippen molar-refractivity contribution in [3.05, 3.63) is 33.4 Å². The van der Waals surface area contributed by atoms with Gasteiger partial charge < -0.3 is 5.32 Å². The highest BCUT2D eigenvalue weighted by atomic mass is 127. The third kappa shape index (κ3) is 5.87. The van der Waals surface area contributed by atoms with Crippen LogP contribution in [-0.2, 0) is 0 Å². The van der Waals surface area contributed by atoms with Gasteiger partial charge in [0.2, 0.25) is 0 Å². The molecule has 1 N–H and O–H groups in total. The molecular weight excluding hydrogens is 321 g/mol. The molecule has 0 radical (unpaired) electrons. The van der Waals surface area contributed by atoms with Gasteiger partial charge in [0.15, 0.2) is 0 Å². The Kier molecular flexibility index (Phi) is 7.86. The minimum absolute atomic E-state index is 0.520. The average molecular weight is 345 g/mol. The van der Waals surface area contributed by atoms with Gasteiger partial charge in [-0.15, -0.1) is 0 Å². The molecule has 1 atom stereocenters. The van der Waals surface area contributed by atoms with Crippen molar-refractivity contribution in [2.45, 2.75) is 51.5 Å². The molecule has 0 spiro atoms. The summed E-state index contributed by atoms with van der Waals surface area (Å²) < 4.78 is 1.33. The second kappa shape index (κ2) is 8.92. The van der Waals surface area contributed by atoms with Gasteiger partial charge in [-0.1, -0.05) is 51.2 Å². The summed E-state index contributed by atoms with van der Waals surface area (Å²) in [6.07, 6.45) is 8.05.